The molecule has 1 saturated heterocycles. The first-order valence-corrected chi connectivity index (χ1v) is 5.61. The summed E-state index contributed by atoms with van der Waals surface area (Å²) in [6.45, 7) is 0.840. The van der Waals surface area contributed by atoms with E-state index >= 15 is 0 Å². The zero-order valence-electron chi connectivity index (χ0n) is 9.56. The smallest absolute Gasteiger partial charge is 0.389 e. The Morgan fingerprint density at radius 3 is 2.33 bits per heavy atom. The number of rotatable bonds is 2. The van der Waals surface area contributed by atoms with Gasteiger partial charge < -0.3 is 10.2 Å². The van der Waals surface area contributed by atoms with E-state index < -0.39 is 23.9 Å². The summed E-state index contributed by atoms with van der Waals surface area (Å²) < 4.78 is 37.5. The number of aliphatic hydroxyl groups is 2. The Labute approximate surface area is 102 Å². The molecule has 1 aromatic rings. The van der Waals surface area contributed by atoms with Crippen molar-refractivity contribution in [3.63, 3.8) is 0 Å². The van der Waals surface area contributed by atoms with Crippen molar-refractivity contribution < 1.29 is 23.4 Å². The minimum Gasteiger partial charge on any atom is -0.389 e. The van der Waals surface area contributed by atoms with Gasteiger partial charge in [-0.2, -0.15) is 13.2 Å². The number of hydrogen-bond donors (Lipinski definition) is 2. The number of likely N-dealkylation sites (tertiary alicyclic amines) is 1. The maximum absolute atomic E-state index is 12.5. The van der Waals surface area contributed by atoms with Crippen LogP contribution in [0.1, 0.15) is 11.1 Å². The lowest BCUT2D eigenvalue weighted by Crippen LogP contribution is -2.22. The van der Waals surface area contributed by atoms with E-state index in [4.69, 9.17) is 0 Å². The van der Waals surface area contributed by atoms with Crippen LogP contribution in [0, 0.1) is 0 Å². The molecule has 2 unspecified atom stereocenters. The van der Waals surface area contributed by atoms with Crippen LogP contribution in [0.2, 0.25) is 0 Å². The second-order valence-corrected chi connectivity index (χ2v) is 4.53. The van der Waals surface area contributed by atoms with Gasteiger partial charge in [0.25, 0.3) is 0 Å². The summed E-state index contributed by atoms with van der Waals surface area (Å²) in [4.78, 5) is 1.73. The SMILES string of the molecule is OC1CN(Cc2cccc(C(F)(F)F)c2)CC1O. The lowest BCUT2D eigenvalue weighted by Gasteiger charge is -2.16. The average molecular weight is 261 g/mol. The van der Waals surface area contributed by atoms with Crippen molar-refractivity contribution in [1.29, 1.82) is 0 Å². The molecular weight excluding hydrogens is 247 g/mol. The van der Waals surface area contributed by atoms with Gasteiger partial charge in [0.05, 0.1) is 17.8 Å². The second kappa shape index (κ2) is 4.87. The molecule has 1 aliphatic heterocycles. The fourth-order valence-electron chi connectivity index (χ4n) is 2.08. The Morgan fingerprint density at radius 1 is 1.17 bits per heavy atom. The first-order chi connectivity index (χ1) is 8.36. The van der Waals surface area contributed by atoms with Crippen LogP contribution in [0.3, 0.4) is 0 Å². The van der Waals surface area contributed by atoms with Crippen LogP contribution < -0.4 is 0 Å². The Kier molecular flexibility index (Phi) is 3.61. The highest BCUT2D eigenvalue weighted by molar-refractivity contribution is 5.25. The maximum Gasteiger partial charge on any atom is 0.416 e. The quantitative estimate of drug-likeness (QED) is 0.842. The molecule has 3 nitrogen and oxygen atoms in total. The fraction of sp³-hybridized carbons (Fsp3) is 0.500. The van der Waals surface area contributed by atoms with Gasteiger partial charge in [0, 0.05) is 19.6 Å². The molecule has 0 bridgehead atoms. The summed E-state index contributed by atoms with van der Waals surface area (Å²) in [5, 5.41) is 18.7. The molecule has 0 aliphatic carbocycles. The summed E-state index contributed by atoms with van der Waals surface area (Å²) in [6.07, 6.45) is -5.99. The second-order valence-electron chi connectivity index (χ2n) is 4.53. The summed E-state index contributed by atoms with van der Waals surface area (Å²) in [5.41, 5.74) is -0.161. The average Bonchev–Trinajstić information content (AvgIpc) is 2.57. The standard InChI is InChI=1S/C12H14F3NO2/c13-12(14,15)9-3-1-2-8(4-9)5-16-6-10(17)11(18)7-16/h1-4,10-11,17-18H,5-7H2. The molecule has 1 fully saturated rings. The molecule has 2 N–H and O–H groups in total. The molecule has 0 spiro atoms. The molecule has 6 heteroatoms. The van der Waals surface area contributed by atoms with Crippen LogP contribution in [-0.2, 0) is 12.7 Å². The van der Waals surface area contributed by atoms with E-state index in [2.05, 4.69) is 0 Å². The predicted molar refractivity (Wildman–Crippen MR) is 58.7 cm³/mol. The Morgan fingerprint density at radius 2 is 1.78 bits per heavy atom. The van der Waals surface area contributed by atoms with E-state index in [0.717, 1.165) is 12.1 Å². The Balaban J connectivity index is 2.06. The normalized spacial score (nSPS) is 25.6. The van der Waals surface area contributed by atoms with Gasteiger partial charge >= 0.3 is 6.18 Å². The monoisotopic (exact) mass is 261 g/mol. The Hall–Kier alpha value is -1.11. The first-order valence-electron chi connectivity index (χ1n) is 5.61. The van der Waals surface area contributed by atoms with Crippen LogP contribution >= 0.6 is 0 Å². The van der Waals surface area contributed by atoms with Crippen LogP contribution in [0.4, 0.5) is 13.2 Å². The molecule has 1 heterocycles. The number of aliphatic hydroxyl groups excluding tert-OH is 2. The molecule has 2 atom stereocenters. The molecule has 18 heavy (non-hydrogen) atoms. The number of nitrogens with zero attached hydrogens (tertiary/aromatic N) is 1. The van der Waals surface area contributed by atoms with Crippen molar-refractivity contribution in [3.05, 3.63) is 35.4 Å². The number of halogens is 3. The van der Waals surface area contributed by atoms with Gasteiger partial charge in [-0.15, -0.1) is 0 Å². The van der Waals surface area contributed by atoms with Crippen LogP contribution in [0.15, 0.2) is 24.3 Å². The zero-order chi connectivity index (χ0) is 13.3. The van der Waals surface area contributed by atoms with E-state index in [1.165, 1.54) is 6.07 Å². The highest BCUT2D eigenvalue weighted by Crippen LogP contribution is 2.30. The molecule has 100 valence electrons. The van der Waals surface area contributed by atoms with E-state index in [0.29, 0.717) is 5.56 Å². The number of hydrogen-bond acceptors (Lipinski definition) is 3. The van der Waals surface area contributed by atoms with Crippen molar-refractivity contribution in [1.82, 2.24) is 4.90 Å². The summed E-state index contributed by atoms with van der Waals surface area (Å²) in [6, 6.07) is 5.08. The number of alkyl halides is 3. The van der Waals surface area contributed by atoms with Gasteiger partial charge in [-0.25, -0.2) is 0 Å². The third kappa shape index (κ3) is 3.01. The third-order valence-corrected chi connectivity index (χ3v) is 3.00. The third-order valence-electron chi connectivity index (χ3n) is 3.00. The molecule has 1 aromatic carbocycles. The fourth-order valence-corrected chi connectivity index (χ4v) is 2.08. The van der Waals surface area contributed by atoms with Crippen molar-refractivity contribution in [2.45, 2.75) is 24.9 Å². The van der Waals surface area contributed by atoms with E-state index in [-0.39, 0.29) is 19.6 Å². The van der Waals surface area contributed by atoms with Crippen molar-refractivity contribution >= 4 is 0 Å². The predicted octanol–water partition coefficient (Wildman–Crippen LogP) is 1.24. The molecule has 0 saturated carbocycles. The molecule has 0 amide bonds. The molecule has 2 rings (SSSR count). The molecule has 0 radical (unpaired) electrons. The molecular formula is C12H14F3NO2. The first kappa shape index (κ1) is 13.3. The maximum atomic E-state index is 12.5. The van der Waals surface area contributed by atoms with E-state index in [1.54, 1.807) is 11.0 Å². The van der Waals surface area contributed by atoms with Gasteiger partial charge in [0.1, 0.15) is 0 Å². The van der Waals surface area contributed by atoms with Crippen molar-refractivity contribution in [3.8, 4) is 0 Å². The van der Waals surface area contributed by atoms with Crippen LogP contribution in [-0.4, -0.2) is 40.4 Å². The van der Waals surface area contributed by atoms with Gasteiger partial charge in [0.15, 0.2) is 0 Å². The van der Waals surface area contributed by atoms with Crippen molar-refractivity contribution in [2.75, 3.05) is 13.1 Å². The summed E-state index contributed by atoms with van der Waals surface area (Å²) >= 11 is 0. The highest BCUT2D eigenvalue weighted by atomic mass is 19.4. The molecule has 1 aliphatic rings. The highest BCUT2D eigenvalue weighted by Gasteiger charge is 2.32. The lowest BCUT2D eigenvalue weighted by atomic mass is 10.1. The lowest BCUT2D eigenvalue weighted by molar-refractivity contribution is -0.137. The van der Waals surface area contributed by atoms with E-state index in [1.807, 2.05) is 0 Å². The number of benzene rings is 1. The van der Waals surface area contributed by atoms with Gasteiger partial charge in [-0.1, -0.05) is 18.2 Å². The van der Waals surface area contributed by atoms with Crippen LogP contribution in [0.25, 0.3) is 0 Å². The Bertz CT molecular complexity index is 412. The largest absolute Gasteiger partial charge is 0.416 e. The number of β-amino-alcohol motifs (C(OH)–C–C–N with tert-alkyl or cyclic N) is 2. The minimum absolute atomic E-state index is 0.275. The summed E-state index contributed by atoms with van der Waals surface area (Å²) in [7, 11) is 0. The zero-order valence-corrected chi connectivity index (χ0v) is 9.56. The molecule has 0 aromatic heterocycles. The van der Waals surface area contributed by atoms with Gasteiger partial charge in [-0.05, 0) is 11.6 Å². The van der Waals surface area contributed by atoms with Gasteiger partial charge in [-0.3, -0.25) is 4.90 Å². The van der Waals surface area contributed by atoms with Gasteiger partial charge in [0.2, 0.25) is 0 Å². The summed E-state index contributed by atoms with van der Waals surface area (Å²) in [5.74, 6) is 0. The van der Waals surface area contributed by atoms with E-state index in [9.17, 15) is 23.4 Å². The topological polar surface area (TPSA) is 43.7 Å². The van der Waals surface area contributed by atoms with Crippen molar-refractivity contribution in [2.24, 2.45) is 0 Å². The minimum atomic E-state index is -4.35. The van der Waals surface area contributed by atoms with Crippen LogP contribution in [0.5, 0.6) is 0 Å².